The molecule has 0 radical (unpaired) electrons. The molecule has 8 heteroatoms. The first kappa shape index (κ1) is 23.2. The van der Waals surface area contributed by atoms with E-state index in [1.54, 1.807) is 13.0 Å². The summed E-state index contributed by atoms with van der Waals surface area (Å²) in [6, 6.07) is 11.3. The molecule has 0 atom stereocenters. The van der Waals surface area contributed by atoms with Crippen LogP contribution < -0.4 is 10.2 Å². The van der Waals surface area contributed by atoms with E-state index >= 15 is 0 Å². The number of rotatable bonds is 6. The minimum atomic E-state index is -3.64. The van der Waals surface area contributed by atoms with Crippen LogP contribution in [-0.2, 0) is 16.6 Å². The Bertz CT molecular complexity index is 1060. The number of carbonyl (C=O) groups is 1. The third-order valence-corrected chi connectivity index (χ3v) is 7.86. The lowest BCUT2D eigenvalue weighted by atomic mass is 10.1. The number of amides is 1. The summed E-state index contributed by atoms with van der Waals surface area (Å²) in [6.45, 7) is 7.88. The molecule has 0 aliphatic carbocycles. The molecule has 1 saturated heterocycles. The van der Waals surface area contributed by atoms with Gasteiger partial charge >= 0.3 is 0 Å². The van der Waals surface area contributed by atoms with Gasteiger partial charge in [-0.3, -0.25) is 4.79 Å². The van der Waals surface area contributed by atoms with Crippen molar-refractivity contribution in [2.24, 2.45) is 0 Å². The van der Waals surface area contributed by atoms with Gasteiger partial charge in [-0.25, -0.2) is 12.7 Å². The van der Waals surface area contributed by atoms with Crippen LogP contribution in [0.25, 0.3) is 0 Å². The van der Waals surface area contributed by atoms with Crippen LogP contribution in [-0.4, -0.2) is 70.9 Å². The molecule has 31 heavy (non-hydrogen) atoms. The summed E-state index contributed by atoms with van der Waals surface area (Å²) >= 11 is 0. The Hall–Kier alpha value is -2.42. The first-order valence-electron chi connectivity index (χ1n) is 10.4. The Morgan fingerprint density at radius 2 is 1.71 bits per heavy atom. The molecule has 0 saturated carbocycles. The number of carbonyl (C=O) groups excluding carboxylic acids is 1. The van der Waals surface area contributed by atoms with Gasteiger partial charge in [-0.05, 0) is 55.8 Å². The second-order valence-corrected chi connectivity index (χ2v) is 10.4. The Morgan fingerprint density at radius 1 is 1.06 bits per heavy atom. The summed E-state index contributed by atoms with van der Waals surface area (Å²) in [4.78, 5) is 17.7. The quantitative estimate of drug-likeness (QED) is 0.740. The van der Waals surface area contributed by atoms with E-state index in [1.165, 1.54) is 24.5 Å². The number of para-hydroxylation sites is 1. The van der Waals surface area contributed by atoms with Gasteiger partial charge in [0, 0.05) is 58.1 Å². The highest BCUT2D eigenvalue weighted by Gasteiger charge is 2.23. The van der Waals surface area contributed by atoms with Gasteiger partial charge < -0.3 is 15.1 Å². The Labute approximate surface area is 185 Å². The number of anilines is 1. The van der Waals surface area contributed by atoms with Gasteiger partial charge in [0.05, 0.1) is 4.90 Å². The Morgan fingerprint density at radius 3 is 2.35 bits per heavy atom. The number of hydrogen-bond donors (Lipinski definition) is 1. The van der Waals surface area contributed by atoms with Gasteiger partial charge in [-0.1, -0.05) is 18.2 Å². The average Bonchev–Trinajstić information content (AvgIpc) is 2.74. The van der Waals surface area contributed by atoms with Crippen molar-refractivity contribution in [2.75, 3.05) is 52.2 Å². The first-order valence-corrected chi connectivity index (χ1v) is 11.9. The second-order valence-electron chi connectivity index (χ2n) is 8.31. The topological polar surface area (TPSA) is 73.0 Å². The Balaban J connectivity index is 1.80. The molecular weight excluding hydrogens is 412 g/mol. The molecule has 0 aromatic heterocycles. The zero-order valence-electron chi connectivity index (χ0n) is 19.0. The number of benzene rings is 2. The lowest BCUT2D eigenvalue weighted by molar-refractivity contribution is 0.0950. The molecule has 3 rings (SSSR count). The van der Waals surface area contributed by atoms with Gasteiger partial charge in [0.25, 0.3) is 5.91 Å². The van der Waals surface area contributed by atoms with Crippen molar-refractivity contribution >= 4 is 21.6 Å². The van der Waals surface area contributed by atoms with Gasteiger partial charge in [0.2, 0.25) is 10.0 Å². The molecule has 2 aromatic carbocycles. The van der Waals surface area contributed by atoms with Crippen LogP contribution in [0.1, 0.15) is 27.0 Å². The summed E-state index contributed by atoms with van der Waals surface area (Å²) in [5.41, 5.74) is 3.95. The molecule has 1 aliphatic rings. The molecule has 1 amide bonds. The maximum atomic E-state index is 12.9. The summed E-state index contributed by atoms with van der Waals surface area (Å²) in [5, 5.41) is 2.97. The SMILES string of the molecule is Cc1cc(C(=O)NCc2ccccc2N2CCN(C)CC2)cc(S(=O)(=O)N(C)C)c1C. The molecular formula is C23H32N4O3S. The molecule has 0 bridgehead atoms. The van der Waals surface area contributed by atoms with Crippen molar-refractivity contribution in [1.29, 1.82) is 0 Å². The highest BCUT2D eigenvalue weighted by atomic mass is 32.2. The van der Waals surface area contributed by atoms with Crippen LogP contribution in [0.4, 0.5) is 5.69 Å². The summed E-state index contributed by atoms with van der Waals surface area (Å²) < 4.78 is 26.5. The van der Waals surface area contributed by atoms with Crippen molar-refractivity contribution in [3.63, 3.8) is 0 Å². The summed E-state index contributed by atoms with van der Waals surface area (Å²) in [5.74, 6) is -0.286. The highest BCUT2D eigenvalue weighted by Crippen LogP contribution is 2.24. The predicted molar refractivity (Wildman–Crippen MR) is 124 cm³/mol. The lowest BCUT2D eigenvalue weighted by Gasteiger charge is -2.35. The van der Waals surface area contributed by atoms with Crippen LogP contribution >= 0.6 is 0 Å². The van der Waals surface area contributed by atoms with E-state index in [-0.39, 0.29) is 10.8 Å². The minimum absolute atomic E-state index is 0.167. The molecule has 7 nitrogen and oxygen atoms in total. The summed E-state index contributed by atoms with van der Waals surface area (Å²) in [6.07, 6.45) is 0. The number of nitrogens with one attached hydrogen (secondary N) is 1. The van der Waals surface area contributed by atoms with E-state index in [0.29, 0.717) is 17.7 Å². The largest absolute Gasteiger partial charge is 0.369 e. The number of likely N-dealkylation sites (N-methyl/N-ethyl adjacent to an activating group) is 1. The highest BCUT2D eigenvalue weighted by molar-refractivity contribution is 7.89. The van der Waals surface area contributed by atoms with Gasteiger partial charge in [-0.2, -0.15) is 0 Å². The fraction of sp³-hybridized carbons (Fsp3) is 0.435. The third-order valence-electron chi connectivity index (χ3n) is 5.92. The molecule has 0 spiro atoms. The number of nitrogens with zero attached hydrogens (tertiary/aromatic N) is 3. The van der Waals surface area contributed by atoms with Crippen molar-refractivity contribution in [2.45, 2.75) is 25.3 Å². The van der Waals surface area contributed by atoms with E-state index in [0.717, 1.165) is 43.0 Å². The molecule has 1 heterocycles. The lowest BCUT2D eigenvalue weighted by Crippen LogP contribution is -2.45. The Kier molecular flexibility index (Phi) is 7.03. The van der Waals surface area contributed by atoms with Crippen molar-refractivity contribution in [3.8, 4) is 0 Å². The maximum Gasteiger partial charge on any atom is 0.251 e. The van der Waals surface area contributed by atoms with Crippen molar-refractivity contribution < 1.29 is 13.2 Å². The smallest absolute Gasteiger partial charge is 0.251 e. The normalized spacial score (nSPS) is 15.4. The molecule has 168 valence electrons. The van der Waals surface area contributed by atoms with Gasteiger partial charge in [-0.15, -0.1) is 0 Å². The van der Waals surface area contributed by atoms with E-state index in [4.69, 9.17) is 0 Å². The monoisotopic (exact) mass is 444 g/mol. The van der Waals surface area contributed by atoms with Crippen LogP contribution in [0.3, 0.4) is 0 Å². The number of aryl methyl sites for hydroxylation is 1. The number of piperazine rings is 1. The molecule has 1 N–H and O–H groups in total. The van der Waals surface area contributed by atoms with Crippen LogP contribution in [0.15, 0.2) is 41.3 Å². The first-order chi connectivity index (χ1) is 14.6. The van der Waals surface area contributed by atoms with E-state index in [2.05, 4.69) is 28.2 Å². The van der Waals surface area contributed by atoms with Crippen molar-refractivity contribution in [3.05, 3.63) is 58.7 Å². The van der Waals surface area contributed by atoms with Crippen LogP contribution in [0.2, 0.25) is 0 Å². The molecule has 1 fully saturated rings. The molecule has 2 aromatic rings. The molecule has 0 unspecified atom stereocenters. The fourth-order valence-corrected chi connectivity index (χ4v) is 4.93. The fourth-order valence-electron chi connectivity index (χ4n) is 3.72. The zero-order valence-corrected chi connectivity index (χ0v) is 19.8. The standard InChI is InChI=1S/C23H32N4O3S/c1-17-14-20(15-22(18(17)2)31(29,30)25(3)4)23(28)24-16-19-8-6-7-9-21(19)27-12-10-26(5)11-13-27/h6-9,14-15H,10-13,16H2,1-5H3,(H,24,28). The van der Waals surface area contributed by atoms with E-state index < -0.39 is 10.0 Å². The summed E-state index contributed by atoms with van der Waals surface area (Å²) in [7, 11) is 1.47. The van der Waals surface area contributed by atoms with Gasteiger partial charge in [0.15, 0.2) is 0 Å². The minimum Gasteiger partial charge on any atom is -0.369 e. The van der Waals surface area contributed by atoms with Crippen LogP contribution in [0, 0.1) is 13.8 Å². The second kappa shape index (κ2) is 9.38. The van der Waals surface area contributed by atoms with E-state index in [9.17, 15) is 13.2 Å². The van der Waals surface area contributed by atoms with Crippen LogP contribution in [0.5, 0.6) is 0 Å². The van der Waals surface area contributed by atoms with Gasteiger partial charge in [0.1, 0.15) is 0 Å². The van der Waals surface area contributed by atoms with Crippen molar-refractivity contribution in [1.82, 2.24) is 14.5 Å². The van der Waals surface area contributed by atoms with E-state index in [1.807, 2.05) is 25.1 Å². The molecule has 1 aliphatic heterocycles. The zero-order chi connectivity index (χ0) is 22.8. The number of sulfonamides is 1. The predicted octanol–water partition coefficient (Wildman–Crippen LogP) is 2.24. The average molecular weight is 445 g/mol. The third kappa shape index (κ3) is 5.08. The maximum absolute atomic E-state index is 12.9. The number of hydrogen-bond acceptors (Lipinski definition) is 5.